The Morgan fingerprint density at radius 3 is 2.81 bits per heavy atom. The zero-order valence-electron chi connectivity index (χ0n) is 9.40. The van der Waals surface area contributed by atoms with Gasteiger partial charge in [-0.1, -0.05) is 0 Å². The van der Waals surface area contributed by atoms with Crippen molar-refractivity contribution in [2.45, 2.75) is 32.1 Å². The molecule has 0 bridgehead atoms. The molecular formula is C13H15N3. The average Bonchev–Trinajstić information content (AvgIpc) is 2.77. The minimum Gasteiger partial charge on any atom is -0.340 e. The Balaban J connectivity index is 1.78. The molecule has 2 saturated carbocycles. The molecule has 2 atom stereocenters. The lowest BCUT2D eigenvalue weighted by Crippen LogP contribution is -1.97. The van der Waals surface area contributed by atoms with Crippen LogP contribution in [0.25, 0.3) is 11.2 Å². The van der Waals surface area contributed by atoms with Gasteiger partial charge >= 0.3 is 0 Å². The highest BCUT2D eigenvalue weighted by molar-refractivity contribution is 5.74. The number of rotatable bonds is 1. The Morgan fingerprint density at radius 1 is 1.25 bits per heavy atom. The fourth-order valence-electron chi connectivity index (χ4n) is 3.18. The van der Waals surface area contributed by atoms with Crippen molar-refractivity contribution >= 4 is 11.2 Å². The van der Waals surface area contributed by atoms with Crippen LogP contribution in [0.4, 0.5) is 0 Å². The van der Waals surface area contributed by atoms with Crippen molar-refractivity contribution in [1.82, 2.24) is 15.0 Å². The van der Waals surface area contributed by atoms with Crippen LogP contribution in [0.3, 0.4) is 0 Å². The van der Waals surface area contributed by atoms with Gasteiger partial charge in [-0.3, -0.25) is 0 Å². The van der Waals surface area contributed by atoms with Gasteiger partial charge in [0, 0.05) is 12.1 Å². The maximum Gasteiger partial charge on any atom is 0.177 e. The number of fused-ring (bicyclic) bond motifs is 2. The first-order valence-corrected chi connectivity index (χ1v) is 6.12. The van der Waals surface area contributed by atoms with Gasteiger partial charge in [-0.05, 0) is 49.7 Å². The minimum absolute atomic E-state index is 0.664. The number of nitrogens with one attached hydrogen (secondary N) is 1. The van der Waals surface area contributed by atoms with Crippen molar-refractivity contribution in [1.29, 1.82) is 0 Å². The van der Waals surface area contributed by atoms with Crippen LogP contribution in [-0.4, -0.2) is 15.0 Å². The van der Waals surface area contributed by atoms with Crippen LogP contribution in [0, 0.1) is 18.8 Å². The van der Waals surface area contributed by atoms with Crippen LogP contribution in [-0.2, 0) is 0 Å². The molecule has 2 heterocycles. The molecule has 2 aromatic rings. The number of hydrogen-bond acceptors (Lipinski definition) is 2. The number of hydrogen-bond donors (Lipinski definition) is 1. The van der Waals surface area contributed by atoms with Crippen molar-refractivity contribution in [3.05, 3.63) is 23.7 Å². The maximum absolute atomic E-state index is 4.64. The summed E-state index contributed by atoms with van der Waals surface area (Å²) in [4.78, 5) is 12.4. The highest BCUT2D eigenvalue weighted by Crippen LogP contribution is 2.57. The summed E-state index contributed by atoms with van der Waals surface area (Å²) in [5.74, 6) is 3.85. The van der Waals surface area contributed by atoms with Crippen LogP contribution < -0.4 is 0 Å². The summed E-state index contributed by atoms with van der Waals surface area (Å²) in [6.45, 7) is 2.11. The number of imidazole rings is 1. The monoisotopic (exact) mass is 213 g/mol. The minimum atomic E-state index is 0.664. The first-order chi connectivity index (χ1) is 7.81. The Bertz CT molecular complexity index is 547. The van der Waals surface area contributed by atoms with Gasteiger partial charge in [-0.15, -0.1) is 0 Å². The molecule has 0 amide bonds. The number of nitrogens with zero attached hydrogens (tertiary/aromatic N) is 2. The fourth-order valence-corrected chi connectivity index (χ4v) is 3.18. The van der Waals surface area contributed by atoms with Gasteiger partial charge in [0.1, 0.15) is 5.82 Å². The molecule has 16 heavy (non-hydrogen) atoms. The summed E-state index contributed by atoms with van der Waals surface area (Å²) in [5, 5.41) is 0. The van der Waals surface area contributed by atoms with E-state index in [0.717, 1.165) is 23.0 Å². The highest BCUT2D eigenvalue weighted by atomic mass is 15.0. The van der Waals surface area contributed by atoms with E-state index in [4.69, 9.17) is 0 Å². The molecule has 2 fully saturated rings. The van der Waals surface area contributed by atoms with Gasteiger partial charge in [-0.25, -0.2) is 9.97 Å². The third-order valence-electron chi connectivity index (χ3n) is 4.25. The molecular weight excluding hydrogens is 198 g/mol. The molecule has 0 spiro atoms. The molecule has 2 aliphatic carbocycles. The SMILES string of the molecule is Cc1ccnc2nc(C3CC4CC4C3)[nH]c12. The van der Waals surface area contributed by atoms with Gasteiger partial charge in [-0.2, -0.15) is 0 Å². The predicted molar refractivity (Wildman–Crippen MR) is 62.2 cm³/mol. The lowest BCUT2D eigenvalue weighted by atomic mass is 10.0. The second kappa shape index (κ2) is 2.84. The van der Waals surface area contributed by atoms with E-state index in [1.54, 1.807) is 0 Å². The zero-order chi connectivity index (χ0) is 10.7. The smallest absolute Gasteiger partial charge is 0.177 e. The number of aromatic nitrogens is 3. The van der Waals surface area contributed by atoms with E-state index >= 15 is 0 Å². The van der Waals surface area contributed by atoms with Crippen LogP contribution in [0.15, 0.2) is 12.3 Å². The molecule has 2 unspecified atom stereocenters. The Labute approximate surface area is 94.3 Å². The third-order valence-corrected chi connectivity index (χ3v) is 4.25. The predicted octanol–water partition coefficient (Wildman–Crippen LogP) is 2.78. The van der Waals surface area contributed by atoms with Gasteiger partial charge in [0.15, 0.2) is 5.65 Å². The first kappa shape index (κ1) is 8.74. The van der Waals surface area contributed by atoms with Gasteiger partial charge in [0.05, 0.1) is 5.52 Å². The van der Waals surface area contributed by atoms with Gasteiger partial charge < -0.3 is 4.98 Å². The summed E-state index contributed by atoms with van der Waals surface area (Å²) in [6, 6.07) is 2.04. The van der Waals surface area contributed by atoms with E-state index in [1.807, 2.05) is 12.3 Å². The Hall–Kier alpha value is -1.38. The molecule has 1 N–H and O–H groups in total. The van der Waals surface area contributed by atoms with E-state index in [-0.39, 0.29) is 0 Å². The number of aryl methyl sites for hydroxylation is 1. The highest BCUT2D eigenvalue weighted by Gasteiger charge is 2.47. The van der Waals surface area contributed by atoms with Crippen LogP contribution in [0.5, 0.6) is 0 Å². The Morgan fingerprint density at radius 2 is 2.06 bits per heavy atom. The van der Waals surface area contributed by atoms with E-state index in [0.29, 0.717) is 5.92 Å². The summed E-state index contributed by atoms with van der Waals surface area (Å²) >= 11 is 0. The van der Waals surface area contributed by atoms with E-state index in [9.17, 15) is 0 Å². The number of H-pyrrole nitrogens is 1. The first-order valence-electron chi connectivity index (χ1n) is 6.12. The van der Waals surface area contributed by atoms with E-state index in [2.05, 4.69) is 21.9 Å². The number of aromatic amines is 1. The molecule has 2 aliphatic rings. The van der Waals surface area contributed by atoms with Gasteiger partial charge in [0.25, 0.3) is 0 Å². The lowest BCUT2D eigenvalue weighted by molar-refractivity contribution is 0.597. The molecule has 4 rings (SSSR count). The quantitative estimate of drug-likeness (QED) is 0.791. The topological polar surface area (TPSA) is 41.6 Å². The van der Waals surface area contributed by atoms with E-state index in [1.165, 1.54) is 30.7 Å². The molecule has 82 valence electrons. The van der Waals surface area contributed by atoms with Crippen molar-refractivity contribution in [3.8, 4) is 0 Å². The molecule has 3 nitrogen and oxygen atoms in total. The third kappa shape index (κ3) is 1.14. The molecule has 0 aromatic carbocycles. The zero-order valence-corrected chi connectivity index (χ0v) is 9.40. The van der Waals surface area contributed by atoms with Crippen molar-refractivity contribution < 1.29 is 0 Å². The second-order valence-electron chi connectivity index (χ2n) is 5.37. The summed E-state index contributed by atoms with van der Waals surface area (Å²) in [6.07, 6.45) is 5.98. The van der Waals surface area contributed by atoms with Crippen molar-refractivity contribution in [2.75, 3.05) is 0 Å². The largest absolute Gasteiger partial charge is 0.340 e. The molecule has 2 aromatic heterocycles. The van der Waals surface area contributed by atoms with E-state index < -0.39 is 0 Å². The molecule has 3 heteroatoms. The van der Waals surface area contributed by atoms with Gasteiger partial charge in [0.2, 0.25) is 0 Å². The van der Waals surface area contributed by atoms with Crippen LogP contribution in [0.2, 0.25) is 0 Å². The average molecular weight is 213 g/mol. The standard InChI is InChI=1S/C13H15N3/c1-7-2-3-14-13-11(7)15-12(16-13)10-5-8-4-9(8)6-10/h2-3,8-10H,4-6H2,1H3,(H,14,15,16). The Kier molecular flexibility index (Phi) is 1.55. The fraction of sp³-hybridized carbons (Fsp3) is 0.538. The maximum atomic E-state index is 4.64. The summed E-state index contributed by atoms with van der Waals surface area (Å²) in [7, 11) is 0. The van der Waals surface area contributed by atoms with Crippen LogP contribution >= 0.6 is 0 Å². The molecule has 0 radical (unpaired) electrons. The van der Waals surface area contributed by atoms with Crippen molar-refractivity contribution in [2.24, 2.45) is 11.8 Å². The molecule has 0 aliphatic heterocycles. The second-order valence-corrected chi connectivity index (χ2v) is 5.37. The summed E-state index contributed by atoms with van der Waals surface area (Å²) < 4.78 is 0. The lowest BCUT2D eigenvalue weighted by Gasteiger charge is -2.06. The number of pyridine rings is 1. The van der Waals surface area contributed by atoms with Crippen molar-refractivity contribution in [3.63, 3.8) is 0 Å². The normalized spacial score (nSPS) is 31.9. The van der Waals surface area contributed by atoms with Crippen LogP contribution in [0.1, 0.15) is 36.6 Å². The summed E-state index contributed by atoms with van der Waals surface area (Å²) in [5.41, 5.74) is 3.25. The molecule has 0 saturated heterocycles.